The summed E-state index contributed by atoms with van der Waals surface area (Å²) in [4.78, 5) is 2.48. The van der Waals surface area contributed by atoms with Crippen molar-refractivity contribution in [3.8, 4) is 0 Å². The number of nitrogens with zero attached hydrogens (tertiary/aromatic N) is 1. The van der Waals surface area contributed by atoms with E-state index in [1.807, 2.05) is 0 Å². The Balaban J connectivity index is 1.88. The molecule has 0 amide bonds. The zero-order chi connectivity index (χ0) is 14.1. The van der Waals surface area contributed by atoms with E-state index in [1.165, 1.54) is 13.0 Å². The van der Waals surface area contributed by atoms with Crippen LogP contribution in [0.5, 0.6) is 0 Å². The quantitative estimate of drug-likeness (QED) is 0.683. The Kier molecular flexibility index (Phi) is 7.91. The van der Waals surface area contributed by atoms with Crippen LogP contribution in [0, 0.1) is 5.41 Å². The van der Waals surface area contributed by atoms with E-state index in [0.717, 1.165) is 46.0 Å². The average Bonchev–Trinajstić information content (AvgIpc) is 2.37. The Morgan fingerprint density at radius 2 is 1.89 bits per heavy atom. The smallest absolute Gasteiger partial charge is 0.0595 e. The minimum Gasteiger partial charge on any atom is -0.379 e. The molecule has 4 heteroatoms. The number of ether oxygens (including phenoxy) is 2. The van der Waals surface area contributed by atoms with Gasteiger partial charge in [0.25, 0.3) is 0 Å². The highest BCUT2D eigenvalue weighted by molar-refractivity contribution is 4.69. The molecule has 19 heavy (non-hydrogen) atoms. The zero-order valence-corrected chi connectivity index (χ0v) is 13.2. The van der Waals surface area contributed by atoms with Crippen molar-refractivity contribution in [1.82, 2.24) is 10.2 Å². The molecule has 0 bridgehead atoms. The molecule has 0 radical (unpaired) electrons. The number of nitrogens with one attached hydrogen (secondary N) is 1. The van der Waals surface area contributed by atoms with E-state index < -0.39 is 0 Å². The van der Waals surface area contributed by atoms with Gasteiger partial charge in [-0.05, 0) is 31.8 Å². The molecule has 1 rings (SSSR count). The third-order valence-corrected chi connectivity index (χ3v) is 3.80. The third-order valence-electron chi connectivity index (χ3n) is 3.80. The standard InChI is InChI=1S/C15H32N2O2/c1-14(15(2,3)4)19-11-7-16-6-5-8-17-9-12-18-13-10-17/h14,16H,5-13H2,1-4H3. The highest BCUT2D eigenvalue weighted by atomic mass is 16.5. The lowest BCUT2D eigenvalue weighted by molar-refractivity contribution is -0.00307. The van der Waals surface area contributed by atoms with Crippen molar-refractivity contribution >= 4 is 0 Å². The first-order valence-electron chi connectivity index (χ1n) is 7.62. The van der Waals surface area contributed by atoms with Crippen LogP contribution < -0.4 is 5.32 Å². The van der Waals surface area contributed by atoms with Gasteiger partial charge in [0, 0.05) is 19.6 Å². The van der Waals surface area contributed by atoms with Gasteiger partial charge < -0.3 is 14.8 Å². The fourth-order valence-electron chi connectivity index (χ4n) is 1.94. The first kappa shape index (κ1) is 16.9. The second-order valence-electron chi connectivity index (χ2n) is 6.44. The Morgan fingerprint density at radius 1 is 1.21 bits per heavy atom. The maximum Gasteiger partial charge on any atom is 0.0595 e. The van der Waals surface area contributed by atoms with Gasteiger partial charge in [-0.3, -0.25) is 4.90 Å². The predicted molar refractivity (Wildman–Crippen MR) is 79.6 cm³/mol. The second kappa shape index (κ2) is 8.90. The highest BCUT2D eigenvalue weighted by Gasteiger charge is 2.19. The van der Waals surface area contributed by atoms with Crippen molar-refractivity contribution in [3.05, 3.63) is 0 Å². The summed E-state index contributed by atoms with van der Waals surface area (Å²) >= 11 is 0. The first-order chi connectivity index (χ1) is 9.00. The minimum atomic E-state index is 0.232. The molecule has 0 saturated carbocycles. The van der Waals surface area contributed by atoms with Crippen molar-refractivity contribution in [1.29, 1.82) is 0 Å². The molecule has 1 heterocycles. The summed E-state index contributed by atoms with van der Waals surface area (Å²) in [5.74, 6) is 0. The average molecular weight is 272 g/mol. The molecule has 0 aromatic rings. The van der Waals surface area contributed by atoms with Crippen molar-refractivity contribution in [3.63, 3.8) is 0 Å². The fourth-order valence-corrected chi connectivity index (χ4v) is 1.94. The lowest BCUT2D eigenvalue weighted by Crippen LogP contribution is -2.38. The van der Waals surface area contributed by atoms with E-state index in [9.17, 15) is 0 Å². The van der Waals surface area contributed by atoms with Gasteiger partial charge in [-0.15, -0.1) is 0 Å². The molecule has 1 aliphatic heterocycles. The van der Waals surface area contributed by atoms with Crippen molar-refractivity contribution < 1.29 is 9.47 Å². The van der Waals surface area contributed by atoms with Gasteiger partial charge in [0.1, 0.15) is 0 Å². The van der Waals surface area contributed by atoms with Crippen LogP contribution in [0.25, 0.3) is 0 Å². The Labute approximate surface area is 118 Å². The van der Waals surface area contributed by atoms with E-state index in [4.69, 9.17) is 9.47 Å². The summed E-state index contributed by atoms with van der Waals surface area (Å²) in [6, 6.07) is 0. The van der Waals surface area contributed by atoms with E-state index in [2.05, 4.69) is 37.9 Å². The number of rotatable bonds is 8. The largest absolute Gasteiger partial charge is 0.379 e. The Morgan fingerprint density at radius 3 is 2.53 bits per heavy atom. The van der Waals surface area contributed by atoms with Crippen molar-refractivity contribution in [2.45, 2.75) is 40.2 Å². The van der Waals surface area contributed by atoms with Crippen molar-refractivity contribution in [2.75, 3.05) is 52.5 Å². The van der Waals surface area contributed by atoms with Gasteiger partial charge in [0.15, 0.2) is 0 Å². The molecule has 1 N–H and O–H groups in total. The van der Waals surface area contributed by atoms with Crippen molar-refractivity contribution in [2.24, 2.45) is 5.41 Å². The minimum absolute atomic E-state index is 0.232. The molecule has 0 aromatic heterocycles. The Bertz CT molecular complexity index is 223. The SMILES string of the molecule is CC(OCCNCCCN1CCOCC1)C(C)(C)C. The summed E-state index contributed by atoms with van der Waals surface area (Å²) < 4.78 is 11.1. The molecule has 4 nitrogen and oxygen atoms in total. The molecule has 1 aliphatic rings. The van der Waals surface area contributed by atoms with Gasteiger partial charge >= 0.3 is 0 Å². The summed E-state index contributed by atoms with van der Waals surface area (Å²) in [7, 11) is 0. The maximum absolute atomic E-state index is 5.81. The van der Waals surface area contributed by atoms with Crippen LogP contribution in [-0.4, -0.2) is 63.5 Å². The lowest BCUT2D eigenvalue weighted by atomic mass is 9.90. The van der Waals surface area contributed by atoms with Crippen LogP contribution >= 0.6 is 0 Å². The molecule has 1 fully saturated rings. The van der Waals surface area contributed by atoms with Crippen LogP contribution in [0.2, 0.25) is 0 Å². The highest BCUT2D eigenvalue weighted by Crippen LogP contribution is 2.21. The predicted octanol–water partition coefficient (Wildman–Crippen LogP) is 1.75. The molecule has 1 atom stereocenters. The summed E-state index contributed by atoms with van der Waals surface area (Å²) in [5.41, 5.74) is 0.232. The van der Waals surface area contributed by atoms with Crippen LogP contribution in [0.1, 0.15) is 34.1 Å². The molecular formula is C15H32N2O2. The molecule has 1 unspecified atom stereocenters. The molecule has 114 valence electrons. The van der Waals surface area contributed by atoms with Gasteiger partial charge in [-0.25, -0.2) is 0 Å². The van der Waals surface area contributed by atoms with Gasteiger partial charge in [-0.1, -0.05) is 20.8 Å². The van der Waals surface area contributed by atoms with E-state index in [-0.39, 0.29) is 5.41 Å². The van der Waals surface area contributed by atoms with Crippen LogP contribution in [0.4, 0.5) is 0 Å². The monoisotopic (exact) mass is 272 g/mol. The number of hydrogen-bond acceptors (Lipinski definition) is 4. The van der Waals surface area contributed by atoms with E-state index in [0.29, 0.717) is 6.10 Å². The van der Waals surface area contributed by atoms with Gasteiger partial charge in [0.05, 0.1) is 25.9 Å². The van der Waals surface area contributed by atoms with Crippen LogP contribution in [0.15, 0.2) is 0 Å². The molecule has 0 spiro atoms. The molecule has 0 aromatic carbocycles. The lowest BCUT2D eigenvalue weighted by Gasteiger charge is -2.27. The first-order valence-corrected chi connectivity index (χ1v) is 7.62. The molecule has 0 aliphatic carbocycles. The van der Waals surface area contributed by atoms with Gasteiger partial charge in [0.2, 0.25) is 0 Å². The van der Waals surface area contributed by atoms with Crippen LogP contribution in [-0.2, 0) is 9.47 Å². The van der Waals surface area contributed by atoms with Crippen LogP contribution in [0.3, 0.4) is 0 Å². The summed E-state index contributed by atoms with van der Waals surface area (Å²) in [6.45, 7) is 16.8. The Hall–Kier alpha value is -0.160. The third kappa shape index (κ3) is 7.88. The normalized spacial score (nSPS) is 19.6. The molecular weight excluding hydrogens is 240 g/mol. The zero-order valence-electron chi connectivity index (χ0n) is 13.2. The summed E-state index contributed by atoms with van der Waals surface area (Å²) in [5, 5.41) is 3.45. The number of hydrogen-bond donors (Lipinski definition) is 1. The second-order valence-corrected chi connectivity index (χ2v) is 6.44. The fraction of sp³-hybridized carbons (Fsp3) is 1.00. The summed E-state index contributed by atoms with van der Waals surface area (Å²) in [6.07, 6.45) is 1.51. The number of morpholine rings is 1. The van der Waals surface area contributed by atoms with E-state index in [1.54, 1.807) is 0 Å². The van der Waals surface area contributed by atoms with E-state index >= 15 is 0 Å². The van der Waals surface area contributed by atoms with Gasteiger partial charge in [-0.2, -0.15) is 0 Å². The topological polar surface area (TPSA) is 33.7 Å². The maximum atomic E-state index is 5.81. The molecule has 1 saturated heterocycles.